The molecule has 0 spiro atoms. The van der Waals surface area contributed by atoms with E-state index in [4.69, 9.17) is 13.9 Å². The molecule has 0 saturated carbocycles. The third-order valence-electron chi connectivity index (χ3n) is 8.09. The van der Waals surface area contributed by atoms with Gasteiger partial charge in [-0.05, 0) is 46.0 Å². The second-order valence-corrected chi connectivity index (χ2v) is 10.2. The summed E-state index contributed by atoms with van der Waals surface area (Å²) in [6.07, 6.45) is 2.12. The average molecular weight is 482 g/mol. The van der Waals surface area contributed by atoms with Crippen molar-refractivity contribution in [2.45, 2.75) is 36.4 Å². The van der Waals surface area contributed by atoms with E-state index in [-0.39, 0.29) is 30.7 Å². The molecule has 4 aromatic rings. The number of ether oxygens (including phenoxy) is 2. The van der Waals surface area contributed by atoms with E-state index in [1.165, 1.54) is 22.3 Å². The fourth-order valence-electron chi connectivity index (χ4n) is 6.43. The SMILES string of the molecule is O=C(OCC1c2ccccc2-c2ccccc21)N1C2COCC1CC(O)(c1ccc3occc3c1)C2. The van der Waals surface area contributed by atoms with Crippen molar-refractivity contribution < 1.29 is 23.8 Å². The summed E-state index contributed by atoms with van der Waals surface area (Å²) in [6, 6.07) is 23.9. The van der Waals surface area contributed by atoms with Gasteiger partial charge in [-0.15, -0.1) is 0 Å². The maximum Gasteiger partial charge on any atom is 0.410 e. The van der Waals surface area contributed by atoms with Crippen molar-refractivity contribution in [1.82, 2.24) is 4.90 Å². The summed E-state index contributed by atoms with van der Waals surface area (Å²) in [5.41, 5.74) is 5.40. The standard InChI is InChI=1S/C30H27NO5/c32-29(36-18-27-25-7-3-1-5-23(25)24-6-2-4-8-26(24)27)31-21-14-30(33,15-22(31)17-34-16-21)20-9-10-28-19(13-20)11-12-35-28/h1-13,21-22,27,33H,14-18H2. The molecule has 6 heteroatoms. The van der Waals surface area contributed by atoms with Crippen LogP contribution in [0.3, 0.4) is 0 Å². The number of carbonyl (C=O) groups is 1. The monoisotopic (exact) mass is 481 g/mol. The number of rotatable bonds is 3. The van der Waals surface area contributed by atoms with Crippen LogP contribution in [0, 0.1) is 0 Å². The number of fused-ring (bicyclic) bond motifs is 6. The van der Waals surface area contributed by atoms with Crippen molar-refractivity contribution in [2.24, 2.45) is 0 Å². The van der Waals surface area contributed by atoms with E-state index in [0.29, 0.717) is 26.1 Å². The lowest BCUT2D eigenvalue weighted by Gasteiger charge is -2.51. The number of aliphatic hydroxyl groups is 1. The predicted molar refractivity (Wildman–Crippen MR) is 135 cm³/mol. The number of piperidine rings is 1. The molecule has 1 aliphatic carbocycles. The van der Waals surface area contributed by atoms with Crippen LogP contribution in [0.1, 0.15) is 35.4 Å². The molecule has 3 aromatic carbocycles. The van der Waals surface area contributed by atoms with Crippen LogP contribution in [0.5, 0.6) is 0 Å². The van der Waals surface area contributed by atoms with Crippen LogP contribution in [0.4, 0.5) is 4.79 Å². The predicted octanol–water partition coefficient (Wildman–Crippen LogP) is 5.43. The first-order valence-corrected chi connectivity index (χ1v) is 12.5. The molecule has 1 amide bonds. The molecule has 3 heterocycles. The van der Waals surface area contributed by atoms with E-state index in [0.717, 1.165) is 16.5 Å². The molecule has 1 N–H and O–H groups in total. The summed E-state index contributed by atoms with van der Waals surface area (Å²) in [7, 11) is 0. The Morgan fingerprint density at radius 1 is 0.944 bits per heavy atom. The second kappa shape index (κ2) is 8.22. The fourth-order valence-corrected chi connectivity index (χ4v) is 6.43. The Balaban J connectivity index is 1.11. The minimum Gasteiger partial charge on any atom is -0.464 e. The molecular formula is C30H27NO5. The van der Waals surface area contributed by atoms with Gasteiger partial charge in [0.1, 0.15) is 12.2 Å². The fraction of sp³-hybridized carbons (Fsp3) is 0.300. The van der Waals surface area contributed by atoms with Crippen molar-refractivity contribution in [3.8, 4) is 11.1 Å². The van der Waals surface area contributed by atoms with Crippen LogP contribution < -0.4 is 0 Å². The van der Waals surface area contributed by atoms with E-state index in [9.17, 15) is 9.90 Å². The Kier molecular flexibility index (Phi) is 4.94. The van der Waals surface area contributed by atoms with E-state index < -0.39 is 5.60 Å². The molecule has 36 heavy (non-hydrogen) atoms. The first kappa shape index (κ1) is 21.7. The van der Waals surface area contributed by atoms with Crippen molar-refractivity contribution in [3.63, 3.8) is 0 Å². The number of amides is 1. The summed E-state index contributed by atoms with van der Waals surface area (Å²) < 4.78 is 17.2. The van der Waals surface area contributed by atoms with Gasteiger partial charge in [0, 0.05) is 24.1 Å². The molecular weight excluding hydrogens is 454 g/mol. The number of nitrogens with zero attached hydrogens (tertiary/aromatic N) is 1. The van der Waals surface area contributed by atoms with Crippen molar-refractivity contribution in [2.75, 3.05) is 19.8 Å². The quantitative estimate of drug-likeness (QED) is 0.422. The lowest BCUT2D eigenvalue weighted by atomic mass is 9.77. The molecule has 0 radical (unpaired) electrons. The number of morpholine rings is 1. The summed E-state index contributed by atoms with van der Waals surface area (Å²) in [5.74, 6) is 0.0147. The van der Waals surface area contributed by atoms with E-state index in [1.807, 2.05) is 48.5 Å². The summed E-state index contributed by atoms with van der Waals surface area (Å²) >= 11 is 0. The van der Waals surface area contributed by atoms with Gasteiger partial charge in [0.25, 0.3) is 0 Å². The molecule has 2 fully saturated rings. The Hall–Kier alpha value is -3.61. The van der Waals surface area contributed by atoms with Crippen LogP contribution >= 0.6 is 0 Å². The minimum atomic E-state index is -1.04. The summed E-state index contributed by atoms with van der Waals surface area (Å²) in [6.45, 7) is 1.05. The van der Waals surface area contributed by atoms with Gasteiger partial charge in [0.15, 0.2) is 0 Å². The maximum atomic E-state index is 13.4. The number of hydrogen-bond acceptors (Lipinski definition) is 5. The Morgan fingerprint density at radius 2 is 1.61 bits per heavy atom. The van der Waals surface area contributed by atoms with Gasteiger partial charge in [-0.1, -0.05) is 54.6 Å². The zero-order valence-corrected chi connectivity index (χ0v) is 19.8. The van der Waals surface area contributed by atoms with Crippen LogP contribution in [0.2, 0.25) is 0 Å². The van der Waals surface area contributed by atoms with E-state index in [1.54, 1.807) is 11.2 Å². The van der Waals surface area contributed by atoms with Gasteiger partial charge < -0.3 is 19.0 Å². The normalized spacial score (nSPS) is 25.0. The highest BCUT2D eigenvalue weighted by atomic mass is 16.6. The zero-order chi connectivity index (χ0) is 24.3. The first-order chi connectivity index (χ1) is 17.6. The van der Waals surface area contributed by atoms with Gasteiger partial charge in [-0.25, -0.2) is 4.79 Å². The van der Waals surface area contributed by atoms with Crippen LogP contribution in [0.25, 0.3) is 22.1 Å². The van der Waals surface area contributed by atoms with E-state index >= 15 is 0 Å². The van der Waals surface area contributed by atoms with Gasteiger partial charge in [-0.3, -0.25) is 4.90 Å². The van der Waals surface area contributed by atoms with E-state index in [2.05, 4.69) is 24.3 Å². The van der Waals surface area contributed by atoms with Gasteiger partial charge in [0.05, 0.1) is 37.2 Å². The Morgan fingerprint density at radius 3 is 2.31 bits per heavy atom. The van der Waals surface area contributed by atoms with Crippen LogP contribution in [-0.2, 0) is 15.1 Å². The molecule has 1 aromatic heterocycles. The molecule has 2 atom stereocenters. The van der Waals surface area contributed by atoms with Gasteiger partial charge in [-0.2, -0.15) is 0 Å². The third-order valence-corrected chi connectivity index (χ3v) is 8.09. The third kappa shape index (κ3) is 3.36. The van der Waals surface area contributed by atoms with Crippen molar-refractivity contribution in [1.29, 1.82) is 0 Å². The highest BCUT2D eigenvalue weighted by Gasteiger charge is 2.49. The summed E-state index contributed by atoms with van der Waals surface area (Å²) in [4.78, 5) is 15.2. The largest absolute Gasteiger partial charge is 0.464 e. The average Bonchev–Trinajstić information content (AvgIpc) is 3.49. The maximum absolute atomic E-state index is 13.4. The molecule has 2 aliphatic heterocycles. The highest BCUT2D eigenvalue weighted by Crippen LogP contribution is 2.45. The number of furan rings is 1. The molecule has 2 unspecified atom stereocenters. The Bertz CT molecular complexity index is 1400. The summed E-state index contributed by atoms with van der Waals surface area (Å²) in [5, 5.41) is 12.7. The molecule has 2 bridgehead atoms. The zero-order valence-electron chi connectivity index (χ0n) is 19.8. The molecule has 2 saturated heterocycles. The second-order valence-electron chi connectivity index (χ2n) is 10.2. The van der Waals surface area contributed by atoms with Gasteiger partial charge in [0.2, 0.25) is 0 Å². The molecule has 182 valence electrons. The highest BCUT2D eigenvalue weighted by molar-refractivity contribution is 5.79. The Labute approximate surface area is 209 Å². The van der Waals surface area contributed by atoms with Crippen molar-refractivity contribution >= 4 is 17.1 Å². The van der Waals surface area contributed by atoms with Crippen molar-refractivity contribution in [3.05, 3.63) is 95.7 Å². The minimum absolute atomic E-state index is 0.0147. The first-order valence-electron chi connectivity index (χ1n) is 12.5. The van der Waals surface area contributed by atoms with Gasteiger partial charge >= 0.3 is 6.09 Å². The molecule has 7 rings (SSSR count). The number of carbonyl (C=O) groups excluding carboxylic acids is 1. The lowest BCUT2D eigenvalue weighted by Crippen LogP contribution is -2.62. The van der Waals surface area contributed by atoms with Crippen LogP contribution in [-0.4, -0.2) is 48.0 Å². The van der Waals surface area contributed by atoms with Crippen LogP contribution in [0.15, 0.2) is 83.5 Å². The number of benzene rings is 3. The topological polar surface area (TPSA) is 72.1 Å². The molecule has 3 aliphatic rings. The lowest BCUT2D eigenvalue weighted by molar-refractivity contribution is -0.136. The molecule has 6 nitrogen and oxygen atoms in total. The smallest absolute Gasteiger partial charge is 0.410 e. The number of hydrogen-bond donors (Lipinski definition) is 1.